The Morgan fingerprint density at radius 2 is 1.93 bits per heavy atom. The van der Waals surface area contributed by atoms with Crippen molar-refractivity contribution in [1.82, 2.24) is 0 Å². The van der Waals surface area contributed by atoms with E-state index in [-0.39, 0.29) is 6.42 Å². The molecule has 0 heterocycles. The lowest BCUT2D eigenvalue weighted by Gasteiger charge is -2.07. The van der Waals surface area contributed by atoms with Crippen molar-refractivity contribution >= 4 is 24.7 Å². The molecule has 14 heavy (non-hydrogen) atoms. The van der Waals surface area contributed by atoms with Crippen molar-refractivity contribution in [2.24, 2.45) is 4.99 Å². The van der Waals surface area contributed by atoms with Gasteiger partial charge in [0.15, 0.2) is 0 Å². The third kappa shape index (κ3) is 22.5. The number of rotatable bonds is 4. The van der Waals surface area contributed by atoms with E-state index in [0.717, 1.165) is 6.08 Å². The second-order valence-electron chi connectivity index (χ2n) is 2.05. The summed E-state index contributed by atoms with van der Waals surface area (Å²) in [7, 11) is 0. The second-order valence-corrected chi connectivity index (χ2v) is 2.50. The summed E-state index contributed by atoms with van der Waals surface area (Å²) in [5.41, 5.74) is 0. The summed E-state index contributed by atoms with van der Waals surface area (Å²) in [6.07, 6.45) is 1.18. The third-order valence-corrected chi connectivity index (χ3v) is 0.905. The molecule has 0 radical (unpaired) electrons. The first-order valence-corrected chi connectivity index (χ1v) is 4.00. The van der Waals surface area contributed by atoms with Crippen LogP contribution >= 0.6 is 12.6 Å². The first kappa shape index (κ1) is 15.5. The van der Waals surface area contributed by atoms with Crippen LogP contribution in [0.1, 0.15) is 6.42 Å². The van der Waals surface area contributed by atoms with Crippen molar-refractivity contribution in [2.45, 2.75) is 12.4 Å². The number of isocyanates is 1. The van der Waals surface area contributed by atoms with Crippen LogP contribution in [0.4, 0.5) is 0 Å². The fourth-order valence-electron chi connectivity index (χ4n) is 0.234. The van der Waals surface area contributed by atoms with E-state index < -0.39 is 18.5 Å². The number of thiol groups is 1. The second kappa shape index (κ2) is 8.67. The van der Waals surface area contributed by atoms with Gasteiger partial charge in [-0.2, -0.15) is 17.6 Å². The number of carbonyl (C=O) groups is 1. The maximum atomic E-state index is 9.55. The van der Waals surface area contributed by atoms with Gasteiger partial charge in [0.25, 0.3) is 5.97 Å². The SMILES string of the molecule is O=C(O)CCS.O=C=NCC(O)(O)O. The minimum absolute atomic E-state index is 0.156. The maximum absolute atomic E-state index is 9.55. The molecule has 0 aliphatic rings. The highest BCUT2D eigenvalue weighted by Crippen LogP contribution is 1.89. The van der Waals surface area contributed by atoms with Crippen LogP contribution in [0.3, 0.4) is 0 Å². The molecule has 0 bridgehead atoms. The van der Waals surface area contributed by atoms with Gasteiger partial charge in [0, 0.05) is 5.75 Å². The predicted molar refractivity (Wildman–Crippen MR) is 48.5 cm³/mol. The lowest BCUT2D eigenvalue weighted by Crippen LogP contribution is -2.30. The van der Waals surface area contributed by atoms with Crippen molar-refractivity contribution < 1.29 is 30.0 Å². The Labute approximate surface area is 85.1 Å². The molecule has 0 aliphatic heterocycles. The summed E-state index contributed by atoms with van der Waals surface area (Å²) in [4.78, 5) is 21.5. The molecule has 4 N–H and O–H groups in total. The molecular formula is C6H11NO6S. The van der Waals surface area contributed by atoms with E-state index in [9.17, 15) is 9.59 Å². The van der Waals surface area contributed by atoms with Crippen LogP contribution in [0, 0.1) is 0 Å². The van der Waals surface area contributed by atoms with E-state index in [2.05, 4.69) is 17.6 Å². The molecule has 0 saturated heterocycles. The number of aliphatic carboxylic acids is 1. The van der Waals surface area contributed by atoms with Gasteiger partial charge in [-0.15, -0.1) is 0 Å². The molecule has 0 fully saturated rings. The van der Waals surface area contributed by atoms with E-state index in [4.69, 9.17) is 20.4 Å². The largest absolute Gasteiger partial charge is 0.481 e. The Hall–Kier alpha value is -0.920. The molecule has 0 unspecified atom stereocenters. The Kier molecular flexibility index (Phi) is 9.63. The van der Waals surface area contributed by atoms with Crippen LogP contribution in [-0.4, -0.2) is 50.7 Å². The van der Waals surface area contributed by atoms with Crippen molar-refractivity contribution in [1.29, 1.82) is 0 Å². The smallest absolute Gasteiger partial charge is 0.304 e. The molecule has 0 aliphatic carbocycles. The summed E-state index contributed by atoms with van der Waals surface area (Å²) in [5, 5.41) is 31.8. The molecule has 0 aromatic rings. The monoisotopic (exact) mass is 225 g/mol. The number of hydrogen-bond donors (Lipinski definition) is 5. The van der Waals surface area contributed by atoms with Crippen LogP contribution < -0.4 is 0 Å². The molecule has 82 valence electrons. The zero-order valence-electron chi connectivity index (χ0n) is 7.12. The van der Waals surface area contributed by atoms with Crippen molar-refractivity contribution in [2.75, 3.05) is 12.3 Å². The van der Waals surface area contributed by atoms with Gasteiger partial charge < -0.3 is 20.4 Å². The fraction of sp³-hybridized carbons (Fsp3) is 0.667. The molecule has 0 rings (SSSR count). The average molecular weight is 225 g/mol. The van der Waals surface area contributed by atoms with Gasteiger partial charge >= 0.3 is 5.97 Å². The van der Waals surface area contributed by atoms with Crippen LogP contribution in [0.2, 0.25) is 0 Å². The van der Waals surface area contributed by atoms with Gasteiger partial charge in [-0.1, -0.05) is 0 Å². The Balaban J connectivity index is 0. The van der Waals surface area contributed by atoms with Gasteiger partial charge in [-0.05, 0) is 0 Å². The van der Waals surface area contributed by atoms with Crippen molar-refractivity contribution in [3.63, 3.8) is 0 Å². The fourth-order valence-corrected chi connectivity index (χ4v) is 0.425. The van der Waals surface area contributed by atoms with Crippen molar-refractivity contribution in [3.05, 3.63) is 0 Å². The zero-order valence-corrected chi connectivity index (χ0v) is 8.02. The molecule has 0 aromatic heterocycles. The Morgan fingerprint density at radius 3 is 2.00 bits per heavy atom. The highest BCUT2D eigenvalue weighted by Gasteiger charge is 2.15. The van der Waals surface area contributed by atoms with E-state index in [1.807, 2.05) is 0 Å². The molecule has 0 spiro atoms. The van der Waals surface area contributed by atoms with Crippen LogP contribution in [0.25, 0.3) is 0 Å². The molecule has 0 saturated carbocycles. The summed E-state index contributed by atoms with van der Waals surface area (Å²) in [5.74, 6) is -3.24. The Bertz CT molecular complexity index is 207. The summed E-state index contributed by atoms with van der Waals surface area (Å²) in [6.45, 7) is -0.767. The van der Waals surface area contributed by atoms with Gasteiger partial charge in [-0.3, -0.25) is 4.79 Å². The maximum Gasteiger partial charge on any atom is 0.304 e. The first-order valence-electron chi connectivity index (χ1n) is 3.37. The minimum atomic E-state index is -2.88. The van der Waals surface area contributed by atoms with Gasteiger partial charge in [0.2, 0.25) is 6.08 Å². The number of carboxylic acid groups (broad SMARTS) is 1. The van der Waals surface area contributed by atoms with E-state index in [1.54, 1.807) is 0 Å². The lowest BCUT2D eigenvalue weighted by atomic mass is 10.5. The zero-order chi connectivity index (χ0) is 11.6. The summed E-state index contributed by atoms with van der Waals surface area (Å²) in [6, 6.07) is 0. The predicted octanol–water partition coefficient (Wildman–Crippen LogP) is -1.66. The number of nitrogens with zero attached hydrogens (tertiary/aromatic N) is 1. The van der Waals surface area contributed by atoms with E-state index in [1.165, 1.54) is 0 Å². The highest BCUT2D eigenvalue weighted by atomic mass is 32.1. The molecule has 0 amide bonds. The van der Waals surface area contributed by atoms with Gasteiger partial charge in [0.1, 0.15) is 6.54 Å². The minimum Gasteiger partial charge on any atom is -0.481 e. The third-order valence-electron chi connectivity index (χ3n) is 0.681. The lowest BCUT2D eigenvalue weighted by molar-refractivity contribution is -0.302. The standard InChI is InChI=1S/C3H5NO4.C3H6O2S/c5-2-4-1-3(6,7)8;4-3(5)1-2-6/h6-8H,1H2;6H,1-2H2,(H,4,5). The van der Waals surface area contributed by atoms with E-state index >= 15 is 0 Å². The number of aliphatic hydroxyl groups is 3. The van der Waals surface area contributed by atoms with Gasteiger partial charge in [-0.25, -0.2) is 4.79 Å². The molecule has 8 heteroatoms. The average Bonchev–Trinajstić information content (AvgIpc) is 2.00. The van der Waals surface area contributed by atoms with Gasteiger partial charge in [0.05, 0.1) is 6.42 Å². The summed E-state index contributed by atoms with van der Waals surface area (Å²) >= 11 is 3.68. The molecule has 0 atom stereocenters. The normalized spacial score (nSPS) is 9.43. The number of carboxylic acids is 1. The van der Waals surface area contributed by atoms with Crippen LogP contribution in [-0.2, 0) is 9.59 Å². The van der Waals surface area contributed by atoms with Crippen LogP contribution in [0.15, 0.2) is 4.99 Å². The van der Waals surface area contributed by atoms with Crippen LogP contribution in [0.5, 0.6) is 0 Å². The number of carbonyl (C=O) groups excluding carboxylic acids is 1. The summed E-state index contributed by atoms with van der Waals surface area (Å²) < 4.78 is 0. The Morgan fingerprint density at radius 1 is 1.43 bits per heavy atom. The highest BCUT2D eigenvalue weighted by molar-refractivity contribution is 7.80. The topological polar surface area (TPSA) is 127 Å². The number of aliphatic imine (C=N–C) groups is 1. The molecular weight excluding hydrogens is 214 g/mol. The molecule has 0 aromatic carbocycles. The quantitative estimate of drug-likeness (QED) is 0.169. The number of hydrogen-bond acceptors (Lipinski definition) is 7. The van der Waals surface area contributed by atoms with E-state index in [0.29, 0.717) is 5.75 Å². The molecule has 7 nitrogen and oxygen atoms in total. The first-order chi connectivity index (χ1) is 6.33. The van der Waals surface area contributed by atoms with Crippen molar-refractivity contribution in [3.8, 4) is 0 Å².